The van der Waals surface area contributed by atoms with Gasteiger partial charge in [0.2, 0.25) is 0 Å². The molecule has 2 nitrogen and oxygen atoms in total. The maximum Gasteiger partial charge on any atom is 0.135 e. The Labute approximate surface area is 78.7 Å². The quantitative estimate of drug-likeness (QED) is 0.621. The van der Waals surface area contributed by atoms with E-state index in [0.29, 0.717) is 5.78 Å². The lowest BCUT2D eigenvalue weighted by atomic mass is 10.1. The van der Waals surface area contributed by atoms with Gasteiger partial charge in [0.1, 0.15) is 5.78 Å². The van der Waals surface area contributed by atoms with E-state index >= 15 is 0 Å². The molecule has 0 amide bonds. The molecule has 1 aliphatic rings. The Morgan fingerprint density at radius 3 is 2.67 bits per heavy atom. The lowest BCUT2D eigenvalue weighted by Crippen LogP contribution is -2.35. The second kappa shape index (κ2) is 5.60. The second-order valence-corrected chi connectivity index (χ2v) is 4.47. The van der Waals surface area contributed by atoms with Gasteiger partial charge in [0.15, 0.2) is 0 Å². The number of rotatable bonds is 4. The Hall–Kier alpha value is -0.0200. The van der Waals surface area contributed by atoms with Crippen LogP contribution in [0.1, 0.15) is 19.8 Å². The molecule has 0 saturated carbocycles. The molecule has 1 saturated heterocycles. The van der Waals surface area contributed by atoms with Crippen LogP contribution in [0.5, 0.6) is 0 Å². The molecule has 0 spiro atoms. The van der Waals surface area contributed by atoms with Gasteiger partial charge in [-0.3, -0.25) is 4.79 Å². The van der Waals surface area contributed by atoms with Crippen molar-refractivity contribution in [2.45, 2.75) is 19.8 Å². The van der Waals surface area contributed by atoms with E-state index in [4.69, 9.17) is 0 Å². The molecule has 12 heavy (non-hydrogen) atoms. The third kappa shape index (κ3) is 3.59. The maximum absolute atomic E-state index is 10.9. The van der Waals surface area contributed by atoms with Crippen molar-refractivity contribution in [1.29, 1.82) is 0 Å². The van der Waals surface area contributed by atoms with Crippen LogP contribution in [0.25, 0.3) is 0 Å². The molecule has 1 aliphatic heterocycles. The van der Waals surface area contributed by atoms with Crippen LogP contribution >= 0.6 is 11.8 Å². The molecule has 3 heteroatoms. The molecule has 0 aliphatic carbocycles. The van der Waals surface area contributed by atoms with Crippen molar-refractivity contribution in [2.24, 2.45) is 0 Å². The van der Waals surface area contributed by atoms with Crippen LogP contribution in [0.15, 0.2) is 0 Å². The topological polar surface area (TPSA) is 20.3 Å². The number of carbonyl (C=O) groups is 1. The smallest absolute Gasteiger partial charge is 0.135 e. The number of hydrogen-bond acceptors (Lipinski definition) is 3. The SMILES string of the molecule is CCSCCN1CCC(=O)CC1. The number of ketones is 1. The van der Waals surface area contributed by atoms with Crippen LogP contribution in [0.3, 0.4) is 0 Å². The fourth-order valence-corrected chi connectivity index (χ4v) is 2.04. The van der Waals surface area contributed by atoms with Crippen LogP contribution in [-0.2, 0) is 4.79 Å². The highest BCUT2D eigenvalue weighted by molar-refractivity contribution is 7.99. The molecule has 0 aromatic rings. The van der Waals surface area contributed by atoms with Gasteiger partial charge < -0.3 is 4.90 Å². The van der Waals surface area contributed by atoms with E-state index in [1.807, 2.05) is 11.8 Å². The summed E-state index contributed by atoms with van der Waals surface area (Å²) in [5.41, 5.74) is 0. The highest BCUT2D eigenvalue weighted by Crippen LogP contribution is 2.07. The van der Waals surface area contributed by atoms with Gasteiger partial charge in [0.25, 0.3) is 0 Å². The van der Waals surface area contributed by atoms with E-state index in [9.17, 15) is 4.79 Å². The Kier molecular flexibility index (Phi) is 4.69. The highest BCUT2D eigenvalue weighted by Gasteiger charge is 2.14. The fourth-order valence-electron chi connectivity index (χ4n) is 1.36. The first kappa shape index (κ1) is 10.1. The van der Waals surface area contributed by atoms with Gasteiger partial charge in [-0.25, -0.2) is 0 Å². The van der Waals surface area contributed by atoms with E-state index in [2.05, 4.69) is 11.8 Å². The van der Waals surface area contributed by atoms with Crippen molar-refractivity contribution in [3.8, 4) is 0 Å². The Morgan fingerprint density at radius 1 is 1.42 bits per heavy atom. The van der Waals surface area contributed by atoms with Crippen molar-refractivity contribution >= 4 is 17.5 Å². The molecule has 0 aromatic carbocycles. The predicted octanol–water partition coefficient (Wildman–Crippen LogP) is 1.40. The molecule has 1 heterocycles. The van der Waals surface area contributed by atoms with Crippen molar-refractivity contribution in [1.82, 2.24) is 4.90 Å². The minimum atomic E-state index is 0.439. The van der Waals surface area contributed by atoms with Crippen LogP contribution in [-0.4, -0.2) is 41.8 Å². The summed E-state index contributed by atoms with van der Waals surface area (Å²) in [5.74, 6) is 2.85. The predicted molar refractivity (Wildman–Crippen MR) is 53.7 cm³/mol. The zero-order valence-electron chi connectivity index (χ0n) is 7.71. The van der Waals surface area contributed by atoms with Crippen LogP contribution in [0, 0.1) is 0 Å². The van der Waals surface area contributed by atoms with Gasteiger partial charge in [0.05, 0.1) is 0 Å². The van der Waals surface area contributed by atoms with Crippen molar-refractivity contribution < 1.29 is 4.79 Å². The number of carbonyl (C=O) groups excluding carboxylic acids is 1. The van der Waals surface area contributed by atoms with Crippen molar-refractivity contribution in [2.75, 3.05) is 31.1 Å². The van der Waals surface area contributed by atoms with Gasteiger partial charge in [-0.15, -0.1) is 0 Å². The molecule has 0 radical (unpaired) electrons. The van der Waals surface area contributed by atoms with E-state index in [1.54, 1.807) is 0 Å². The Morgan fingerprint density at radius 2 is 2.08 bits per heavy atom. The summed E-state index contributed by atoms with van der Waals surface area (Å²) in [7, 11) is 0. The zero-order valence-corrected chi connectivity index (χ0v) is 8.53. The third-order valence-corrected chi connectivity index (χ3v) is 3.05. The van der Waals surface area contributed by atoms with Crippen molar-refractivity contribution in [3.05, 3.63) is 0 Å². The summed E-state index contributed by atoms with van der Waals surface area (Å²) in [6.07, 6.45) is 1.55. The first-order chi connectivity index (χ1) is 5.83. The molecule has 1 rings (SSSR count). The molecular formula is C9H17NOS. The largest absolute Gasteiger partial charge is 0.302 e. The van der Waals surface area contributed by atoms with Gasteiger partial charge in [-0.2, -0.15) is 11.8 Å². The standard InChI is InChI=1S/C9H17NOS/c1-2-12-8-7-10-5-3-9(11)4-6-10/h2-8H2,1H3. The van der Waals surface area contributed by atoms with Crippen LogP contribution in [0.4, 0.5) is 0 Å². The minimum Gasteiger partial charge on any atom is -0.302 e. The van der Waals surface area contributed by atoms with Gasteiger partial charge >= 0.3 is 0 Å². The van der Waals surface area contributed by atoms with Gasteiger partial charge in [0, 0.05) is 38.2 Å². The van der Waals surface area contributed by atoms with Crippen LogP contribution in [0.2, 0.25) is 0 Å². The lowest BCUT2D eigenvalue weighted by Gasteiger charge is -2.25. The number of thioether (sulfide) groups is 1. The number of piperidine rings is 1. The van der Waals surface area contributed by atoms with Gasteiger partial charge in [-0.05, 0) is 5.75 Å². The van der Waals surface area contributed by atoms with Gasteiger partial charge in [-0.1, -0.05) is 6.92 Å². The normalized spacial score (nSPS) is 19.9. The Bertz CT molecular complexity index is 139. The van der Waals surface area contributed by atoms with E-state index in [0.717, 1.165) is 32.5 Å². The summed E-state index contributed by atoms with van der Waals surface area (Å²) in [4.78, 5) is 13.3. The maximum atomic E-state index is 10.9. The number of hydrogen-bond donors (Lipinski definition) is 0. The first-order valence-corrected chi connectivity index (χ1v) is 5.80. The third-order valence-electron chi connectivity index (χ3n) is 2.17. The van der Waals surface area contributed by atoms with E-state index in [1.165, 1.54) is 11.5 Å². The molecule has 0 bridgehead atoms. The van der Waals surface area contributed by atoms with E-state index < -0.39 is 0 Å². The second-order valence-electron chi connectivity index (χ2n) is 3.08. The first-order valence-electron chi connectivity index (χ1n) is 4.64. The lowest BCUT2D eigenvalue weighted by molar-refractivity contribution is -0.121. The number of Topliss-reactive ketones (excluding diaryl/α,β-unsaturated/α-hetero) is 1. The molecule has 70 valence electrons. The highest BCUT2D eigenvalue weighted by atomic mass is 32.2. The number of nitrogens with zero attached hydrogens (tertiary/aromatic N) is 1. The molecular weight excluding hydrogens is 170 g/mol. The Balaban J connectivity index is 2.05. The summed E-state index contributed by atoms with van der Waals surface area (Å²) < 4.78 is 0. The minimum absolute atomic E-state index is 0.439. The number of likely N-dealkylation sites (tertiary alicyclic amines) is 1. The summed E-state index contributed by atoms with van der Waals surface area (Å²) >= 11 is 1.98. The fraction of sp³-hybridized carbons (Fsp3) is 0.889. The molecule has 0 unspecified atom stereocenters. The average molecular weight is 187 g/mol. The zero-order chi connectivity index (χ0) is 8.81. The monoisotopic (exact) mass is 187 g/mol. The summed E-state index contributed by atoms with van der Waals surface area (Å²) in [5, 5.41) is 0. The summed E-state index contributed by atoms with van der Waals surface area (Å²) in [6, 6.07) is 0. The average Bonchev–Trinajstić information content (AvgIpc) is 2.09. The van der Waals surface area contributed by atoms with Crippen molar-refractivity contribution in [3.63, 3.8) is 0 Å². The van der Waals surface area contributed by atoms with E-state index in [-0.39, 0.29) is 0 Å². The molecule has 1 fully saturated rings. The summed E-state index contributed by atoms with van der Waals surface area (Å²) in [6.45, 7) is 5.32. The molecule has 0 aromatic heterocycles. The molecule has 0 atom stereocenters. The molecule has 0 N–H and O–H groups in total. The van der Waals surface area contributed by atoms with Crippen LogP contribution < -0.4 is 0 Å².